The van der Waals surface area contributed by atoms with Crippen molar-refractivity contribution in [3.05, 3.63) is 66.0 Å². The largest absolute Gasteiger partial charge is 1.00 e. The highest BCUT2D eigenvalue weighted by Gasteiger charge is 2.50. The van der Waals surface area contributed by atoms with Crippen molar-refractivity contribution >= 4 is 11.9 Å². The van der Waals surface area contributed by atoms with E-state index in [1.54, 1.807) is 12.3 Å². The molecule has 0 spiro atoms. The number of quaternary nitrogens is 1. The third kappa shape index (κ3) is 6.26. The number of carbonyl (C=O) groups excluding carboxylic acids is 2. The van der Waals surface area contributed by atoms with Crippen LogP contribution in [0.15, 0.2) is 54.7 Å². The molecule has 1 aromatic carbocycles. The summed E-state index contributed by atoms with van der Waals surface area (Å²) in [5.74, 6) is 0.376. The number of nitrogens with one attached hydrogen (secondary N) is 1. The van der Waals surface area contributed by atoms with Gasteiger partial charge in [0.25, 0.3) is 5.91 Å². The molecule has 2 bridgehead atoms. The van der Waals surface area contributed by atoms with Crippen LogP contribution in [0, 0.1) is 5.92 Å². The van der Waals surface area contributed by atoms with E-state index in [1.807, 2.05) is 18.2 Å². The first-order chi connectivity index (χ1) is 17.6. The van der Waals surface area contributed by atoms with Crippen LogP contribution in [0.5, 0.6) is 0 Å². The van der Waals surface area contributed by atoms with Crippen LogP contribution >= 0.6 is 0 Å². The summed E-state index contributed by atoms with van der Waals surface area (Å²) in [4.78, 5) is 30.3. The minimum atomic E-state index is -0.496. The predicted molar refractivity (Wildman–Crippen MR) is 139 cm³/mol. The smallest absolute Gasteiger partial charge is 0.317 e. The molecule has 0 radical (unpaired) electrons. The number of benzene rings is 1. The molecule has 1 aliphatic carbocycles. The molecule has 1 amide bonds. The van der Waals surface area contributed by atoms with Crippen molar-refractivity contribution < 1.29 is 35.8 Å². The summed E-state index contributed by atoms with van der Waals surface area (Å²) in [6.07, 6.45) is 11.2. The topological polar surface area (TPSA) is 68.3 Å². The van der Waals surface area contributed by atoms with E-state index in [4.69, 9.17) is 4.74 Å². The average Bonchev–Trinajstić information content (AvgIpc) is 3.20. The maximum absolute atomic E-state index is 13.9. The molecule has 4 fully saturated rings. The summed E-state index contributed by atoms with van der Waals surface area (Å²) in [5, 5.41) is 3.01. The Hall–Kier alpha value is -2.25. The van der Waals surface area contributed by atoms with E-state index >= 15 is 0 Å². The van der Waals surface area contributed by atoms with Crippen LogP contribution in [-0.2, 0) is 14.9 Å². The lowest BCUT2D eigenvalue weighted by molar-refractivity contribution is -0.946. The summed E-state index contributed by atoms with van der Waals surface area (Å²) >= 11 is 0. The van der Waals surface area contributed by atoms with Crippen LogP contribution in [0.4, 0.5) is 0 Å². The number of rotatable bonds is 8. The number of nitrogens with zero attached hydrogens (tertiary/aromatic N) is 2. The van der Waals surface area contributed by atoms with E-state index in [0.29, 0.717) is 18.2 Å². The number of ether oxygens (including phenoxy) is 1. The van der Waals surface area contributed by atoms with Crippen molar-refractivity contribution in [1.29, 1.82) is 0 Å². The summed E-state index contributed by atoms with van der Waals surface area (Å²) in [6.45, 7) is 4.86. The Balaban J connectivity index is 0.00000320. The number of aromatic nitrogens is 1. The van der Waals surface area contributed by atoms with Gasteiger partial charge in [0.1, 0.15) is 12.2 Å². The van der Waals surface area contributed by atoms with Gasteiger partial charge in [-0.25, -0.2) is 0 Å². The summed E-state index contributed by atoms with van der Waals surface area (Å²) in [5.41, 5.74) is 1.09. The molecular formula is C30H40BrN3O3. The van der Waals surface area contributed by atoms with Crippen LogP contribution in [0.3, 0.4) is 0 Å². The fourth-order valence-electron chi connectivity index (χ4n) is 6.82. The van der Waals surface area contributed by atoms with Crippen molar-refractivity contribution in [2.45, 2.75) is 69.3 Å². The van der Waals surface area contributed by atoms with Crippen LogP contribution in [0.1, 0.15) is 73.8 Å². The van der Waals surface area contributed by atoms with Gasteiger partial charge in [-0.05, 0) is 30.5 Å². The Labute approximate surface area is 231 Å². The first kappa shape index (κ1) is 27.8. The number of fused-ring (bicyclic) bond motifs is 3. The predicted octanol–water partition coefficient (Wildman–Crippen LogP) is 1.65. The first-order valence-corrected chi connectivity index (χ1v) is 13.9. The van der Waals surface area contributed by atoms with E-state index in [2.05, 4.69) is 34.6 Å². The highest BCUT2D eigenvalue weighted by Crippen LogP contribution is 2.42. The molecule has 2 aromatic rings. The van der Waals surface area contributed by atoms with Gasteiger partial charge >= 0.3 is 5.97 Å². The number of amides is 1. The number of halogens is 1. The normalized spacial score (nSPS) is 26.4. The number of piperidine rings is 3. The zero-order valence-corrected chi connectivity index (χ0v) is 23.3. The van der Waals surface area contributed by atoms with Gasteiger partial charge in [-0.1, -0.05) is 62.1 Å². The molecule has 37 heavy (non-hydrogen) atoms. The minimum absolute atomic E-state index is 0. The van der Waals surface area contributed by atoms with Gasteiger partial charge in [-0.3, -0.25) is 14.6 Å². The lowest BCUT2D eigenvalue weighted by atomic mass is 9.74. The molecule has 200 valence electrons. The van der Waals surface area contributed by atoms with Gasteiger partial charge in [0, 0.05) is 37.9 Å². The highest BCUT2D eigenvalue weighted by molar-refractivity contribution is 5.92. The van der Waals surface area contributed by atoms with E-state index in [9.17, 15) is 9.59 Å². The third-order valence-corrected chi connectivity index (χ3v) is 8.97. The maximum Gasteiger partial charge on any atom is 0.317 e. The van der Waals surface area contributed by atoms with Crippen LogP contribution in [0.25, 0.3) is 0 Å². The zero-order valence-electron chi connectivity index (χ0n) is 21.7. The van der Waals surface area contributed by atoms with Crippen molar-refractivity contribution in [3.8, 4) is 0 Å². The molecular weight excluding hydrogens is 530 g/mol. The molecule has 6 nitrogen and oxygen atoms in total. The molecule has 7 heteroatoms. The van der Waals surface area contributed by atoms with E-state index in [0.717, 1.165) is 81.2 Å². The standard InChI is InChI=1S/C30H39N3O3.BrH/c34-28(26-13-6-9-18-31-26)32-19-10-20-33-21-14-24(15-22-33)27(23-33)36-29(35)30(16-7-1-2-8-17-30)25-11-4-3-5-12-25;/h3-6,9,11-13,18,24,27H,1-2,7-8,10,14-17,19-23H2;1H. The van der Waals surface area contributed by atoms with Gasteiger partial charge in [0.2, 0.25) is 0 Å². The first-order valence-electron chi connectivity index (χ1n) is 13.9. The van der Waals surface area contributed by atoms with Gasteiger partial charge in [-0.2, -0.15) is 0 Å². The van der Waals surface area contributed by atoms with Crippen LogP contribution < -0.4 is 22.3 Å². The monoisotopic (exact) mass is 569 g/mol. The Morgan fingerprint density at radius 3 is 2.35 bits per heavy atom. The highest BCUT2D eigenvalue weighted by atomic mass is 79.9. The lowest BCUT2D eigenvalue weighted by Gasteiger charge is -2.52. The fourth-order valence-corrected chi connectivity index (χ4v) is 6.82. The molecule has 1 N–H and O–H groups in total. The van der Waals surface area contributed by atoms with Gasteiger partial charge in [0.05, 0.1) is 25.0 Å². The molecule has 6 rings (SSSR count). The molecule has 1 saturated carbocycles. The quantitative estimate of drug-likeness (QED) is 0.227. The lowest BCUT2D eigenvalue weighted by Crippen LogP contribution is -3.00. The fraction of sp³-hybridized carbons (Fsp3) is 0.567. The molecule has 1 aromatic heterocycles. The number of hydrogen-bond acceptors (Lipinski definition) is 4. The molecule has 4 heterocycles. The zero-order chi connectivity index (χ0) is 24.8. The van der Waals surface area contributed by atoms with Gasteiger partial charge in [0.15, 0.2) is 6.10 Å². The average molecular weight is 571 g/mol. The SMILES string of the molecule is O=C(NCCC[N+]12CCC(CC1)C(OC(=O)C1(c3ccccc3)CCCCCC1)C2)c1ccccn1.[Br-]. The van der Waals surface area contributed by atoms with Crippen molar-refractivity contribution in [2.75, 3.05) is 32.7 Å². The van der Waals surface area contributed by atoms with Crippen LogP contribution in [0.2, 0.25) is 0 Å². The Morgan fingerprint density at radius 1 is 0.973 bits per heavy atom. The number of pyridine rings is 1. The van der Waals surface area contributed by atoms with E-state index < -0.39 is 5.41 Å². The van der Waals surface area contributed by atoms with Gasteiger partial charge < -0.3 is 31.5 Å². The number of esters is 1. The van der Waals surface area contributed by atoms with Crippen LogP contribution in [-0.4, -0.2) is 60.2 Å². The Kier molecular flexibility index (Phi) is 9.41. The molecule has 1 unspecified atom stereocenters. The van der Waals surface area contributed by atoms with Crippen molar-refractivity contribution in [3.63, 3.8) is 0 Å². The summed E-state index contributed by atoms with van der Waals surface area (Å²) in [6, 6.07) is 15.8. The maximum atomic E-state index is 13.9. The summed E-state index contributed by atoms with van der Waals surface area (Å²) < 4.78 is 7.48. The third-order valence-electron chi connectivity index (χ3n) is 8.97. The second-order valence-corrected chi connectivity index (χ2v) is 11.2. The molecule has 3 aliphatic heterocycles. The second kappa shape index (κ2) is 12.5. The number of carbonyl (C=O) groups is 2. The van der Waals surface area contributed by atoms with Crippen molar-refractivity contribution in [1.82, 2.24) is 10.3 Å². The second-order valence-electron chi connectivity index (χ2n) is 11.2. The summed E-state index contributed by atoms with van der Waals surface area (Å²) in [7, 11) is 0. The molecule has 4 aliphatic rings. The Morgan fingerprint density at radius 2 is 1.68 bits per heavy atom. The van der Waals surface area contributed by atoms with E-state index in [1.165, 1.54) is 12.8 Å². The van der Waals surface area contributed by atoms with Crippen molar-refractivity contribution in [2.24, 2.45) is 5.92 Å². The van der Waals surface area contributed by atoms with E-state index in [-0.39, 0.29) is 35.0 Å². The number of hydrogen-bond donors (Lipinski definition) is 1. The minimum Gasteiger partial charge on any atom is -1.00 e. The van der Waals surface area contributed by atoms with Gasteiger partial charge in [-0.15, -0.1) is 0 Å². The Bertz CT molecular complexity index is 1020. The molecule has 1 atom stereocenters. The molecule has 3 saturated heterocycles.